The van der Waals surface area contributed by atoms with Gasteiger partial charge in [-0.15, -0.1) is 0 Å². The fourth-order valence-corrected chi connectivity index (χ4v) is 5.05. The molecule has 3 aromatic heterocycles. The second-order valence-electron chi connectivity index (χ2n) is 7.84. The van der Waals surface area contributed by atoms with Gasteiger partial charge < -0.3 is 24.7 Å². The monoisotopic (exact) mass is 507 g/mol. The molecular formula is C21H26ClN7O4S. The number of carbonyl (C=O) groups excluding carboxylic acids is 2. The number of hydrogen-bond acceptors (Lipinski definition) is 9. The van der Waals surface area contributed by atoms with Crippen LogP contribution in [0.2, 0.25) is 5.02 Å². The predicted octanol–water partition coefficient (Wildman–Crippen LogP) is 2.43. The summed E-state index contributed by atoms with van der Waals surface area (Å²) >= 11 is 7.32. The topological polar surface area (TPSA) is 127 Å². The SMILES string of the molecule is CCO[C@H]1CN(c2nc(-c3ncnn3C)c(C(=O)OC)s2)CC[C@H]1NC(=O)c1cc(Cl)c(C)[nH]1. The molecule has 0 spiro atoms. The van der Waals surface area contributed by atoms with Gasteiger partial charge in [-0.3, -0.25) is 4.79 Å². The summed E-state index contributed by atoms with van der Waals surface area (Å²) in [5.41, 5.74) is 1.58. The number of halogens is 1. The van der Waals surface area contributed by atoms with Gasteiger partial charge in [0.05, 0.1) is 24.3 Å². The molecule has 4 rings (SSSR count). The van der Waals surface area contributed by atoms with Crippen molar-refractivity contribution in [2.24, 2.45) is 7.05 Å². The Morgan fingerprint density at radius 2 is 2.21 bits per heavy atom. The molecular weight excluding hydrogens is 482 g/mol. The molecule has 0 bridgehead atoms. The zero-order valence-corrected chi connectivity index (χ0v) is 20.9. The van der Waals surface area contributed by atoms with Crippen LogP contribution in [0.3, 0.4) is 0 Å². The average molecular weight is 508 g/mol. The fourth-order valence-electron chi connectivity index (χ4n) is 3.88. The Kier molecular flexibility index (Phi) is 7.19. The summed E-state index contributed by atoms with van der Waals surface area (Å²) in [6, 6.07) is 1.43. The minimum absolute atomic E-state index is 0.190. The molecule has 0 radical (unpaired) electrons. The zero-order valence-electron chi connectivity index (χ0n) is 19.3. The third-order valence-electron chi connectivity index (χ3n) is 5.63. The molecule has 182 valence electrons. The van der Waals surface area contributed by atoms with E-state index in [0.29, 0.717) is 58.4 Å². The third kappa shape index (κ3) is 4.79. The zero-order chi connectivity index (χ0) is 24.4. The van der Waals surface area contributed by atoms with Gasteiger partial charge in [-0.05, 0) is 26.3 Å². The van der Waals surface area contributed by atoms with Crippen LogP contribution in [0.1, 0.15) is 39.2 Å². The summed E-state index contributed by atoms with van der Waals surface area (Å²) < 4.78 is 12.5. The highest BCUT2D eigenvalue weighted by Crippen LogP contribution is 2.34. The molecule has 1 aliphatic rings. The number of piperidine rings is 1. The summed E-state index contributed by atoms with van der Waals surface area (Å²) in [6.45, 7) is 5.33. The molecule has 1 aliphatic heterocycles. The number of H-pyrrole nitrogens is 1. The number of rotatable bonds is 7. The molecule has 1 saturated heterocycles. The van der Waals surface area contributed by atoms with Crippen LogP contribution in [0.4, 0.5) is 5.13 Å². The number of aryl methyl sites for hydroxylation is 2. The van der Waals surface area contributed by atoms with E-state index in [1.165, 1.54) is 24.8 Å². The van der Waals surface area contributed by atoms with E-state index in [2.05, 4.69) is 25.3 Å². The maximum atomic E-state index is 12.8. The van der Waals surface area contributed by atoms with Gasteiger partial charge in [-0.25, -0.2) is 19.4 Å². The van der Waals surface area contributed by atoms with Crippen molar-refractivity contribution in [3.8, 4) is 11.5 Å². The lowest BCUT2D eigenvalue weighted by Crippen LogP contribution is -2.55. The third-order valence-corrected chi connectivity index (χ3v) is 7.12. The van der Waals surface area contributed by atoms with Gasteiger partial charge >= 0.3 is 5.97 Å². The molecule has 2 N–H and O–H groups in total. The molecule has 2 atom stereocenters. The molecule has 0 unspecified atom stereocenters. The van der Waals surface area contributed by atoms with E-state index in [9.17, 15) is 9.59 Å². The first-order chi connectivity index (χ1) is 16.3. The van der Waals surface area contributed by atoms with Crippen molar-refractivity contribution < 1.29 is 19.1 Å². The maximum Gasteiger partial charge on any atom is 0.350 e. The Balaban J connectivity index is 1.54. The van der Waals surface area contributed by atoms with Crippen molar-refractivity contribution in [2.45, 2.75) is 32.4 Å². The number of nitrogens with one attached hydrogen (secondary N) is 2. The highest BCUT2D eigenvalue weighted by atomic mass is 35.5. The van der Waals surface area contributed by atoms with Crippen LogP contribution in [0.5, 0.6) is 0 Å². The van der Waals surface area contributed by atoms with E-state index in [-0.39, 0.29) is 18.1 Å². The van der Waals surface area contributed by atoms with Gasteiger partial charge in [0.25, 0.3) is 5.91 Å². The number of nitrogens with zero attached hydrogens (tertiary/aromatic N) is 5. The number of hydrogen-bond donors (Lipinski definition) is 2. The van der Waals surface area contributed by atoms with Crippen LogP contribution < -0.4 is 10.2 Å². The van der Waals surface area contributed by atoms with Gasteiger partial charge in [-0.2, -0.15) is 5.10 Å². The number of aromatic amines is 1. The summed E-state index contributed by atoms with van der Waals surface area (Å²) in [6.07, 6.45) is 1.78. The summed E-state index contributed by atoms with van der Waals surface area (Å²) in [7, 11) is 3.07. The molecule has 0 aromatic carbocycles. The lowest BCUT2D eigenvalue weighted by Gasteiger charge is -2.38. The quantitative estimate of drug-likeness (QED) is 0.467. The van der Waals surface area contributed by atoms with E-state index in [4.69, 9.17) is 26.1 Å². The Bertz CT molecular complexity index is 1170. The highest BCUT2D eigenvalue weighted by molar-refractivity contribution is 7.17. The number of aromatic nitrogens is 5. The van der Waals surface area contributed by atoms with Gasteiger partial charge in [0.2, 0.25) is 0 Å². The molecule has 13 heteroatoms. The summed E-state index contributed by atoms with van der Waals surface area (Å²) in [5, 5.41) is 8.31. The Labute approximate surface area is 205 Å². The highest BCUT2D eigenvalue weighted by Gasteiger charge is 2.34. The molecule has 34 heavy (non-hydrogen) atoms. The van der Waals surface area contributed by atoms with Crippen molar-refractivity contribution in [1.29, 1.82) is 0 Å². The second kappa shape index (κ2) is 10.1. The Hall–Kier alpha value is -2.96. The van der Waals surface area contributed by atoms with Crippen molar-refractivity contribution >= 4 is 39.9 Å². The van der Waals surface area contributed by atoms with Crippen LogP contribution in [0.15, 0.2) is 12.4 Å². The van der Waals surface area contributed by atoms with Gasteiger partial charge in [-0.1, -0.05) is 22.9 Å². The smallest absolute Gasteiger partial charge is 0.350 e. The molecule has 3 aromatic rings. The number of methoxy groups -OCH3 is 1. The minimum atomic E-state index is -0.481. The number of thiazole rings is 1. The first-order valence-corrected chi connectivity index (χ1v) is 12.0. The van der Waals surface area contributed by atoms with Crippen LogP contribution in [0, 0.1) is 6.92 Å². The van der Waals surface area contributed by atoms with Crippen molar-refractivity contribution in [3.63, 3.8) is 0 Å². The van der Waals surface area contributed by atoms with Crippen LogP contribution in [0.25, 0.3) is 11.5 Å². The largest absolute Gasteiger partial charge is 0.465 e. The summed E-state index contributed by atoms with van der Waals surface area (Å²) in [5.74, 6) is -0.235. The molecule has 0 aliphatic carbocycles. The average Bonchev–Trinajstić information content (AvgIpc) is 3.53. The van der Waals surface area contributed by atoms with E-state index < -0.39 is 5.97 Å². The first-order valence-electron chi connectivity index (χ1n) is 10.8. The fraction of sp³-hybridized carbons (Fsp3) is 0.476. The standard InChI is InChI=1S/C21H26ClN7O4S/c1-5-33-15-9-29(7-6-13(15)26-19(30)14-8-12(22)11(2)25-14)21-27-16(17(34-21)20(31)32-4)18-23-10-24-28(18)3/h8,10,13,15,25H,5-7,9H2,1-4H3,(H,26,30)/t13-,15+/m1/s1. The van der Waals surface area contributed by atoms with Crippen molar-refractivity contribution in [2.75, 3.05) is 31.7 Å². The molecule has 0 saturated carbocycles. The minimum Gasteiger partial charge on any atom is -0.465 e. The second-order valence-corrected chi connectivity index (χ2v) is 9.22. The van der Waals surface area contributed by atoms with E-state index in [1.54, 1.807) is 17.8 Å². The van der Waals surface area contributed by atoms with Gasteiger partial charge in [0.1, 0.15) is 22.6 Å². The van der Waals surface area contributed by atoms with Crippen molar-refractivity contribution in [1.82, 2.24) is 30.0 Å². The van der Waals surface area contributed by atoms with E-state index in [1.807, 2.05) is 13.8 Å². The number of ether oxygens (including phenoxy) is 2. The normalized spacial score (nSPS) is 18.2. The predicted molar refractivity (Wildman–Crippen MR) is 127 cm³/mol. The van der Waals surface area contributed by atoms with Crippen LogP contribution in [-0.4, -0.2) is 75.6 Å². The van der Waals surface area contributed by atoms with Crippen LogP contribution >= 0.6 is 22.9 Å². The molecule has 11 nitrogen and oxygen atoms in total. The number of esters is 1. The summed E-state index contributed by atoms with van der Waals surface area (Å²) in [4.78, 5) is 39.5. The van der Waals surface area contributed by atoms with Crippen molar-refractivity contribution in [3.05, 3.63) is 33.7 Å². The lowest BCUT2D eigenvalue weighted by atomic mass is 10.0. The number of anilines is 1. The number of carbonyl (C=O) groups is 2. The molecule has 1 fully saturated rings. The first kappa shape index (κ1) is 24.2. The molecule has 1 amide bonds. The van der Waals surface area contributed by atoms with Gasteiger partial charge in [0, 0.05) is 32.4 Å². The maximum absolute atomic E-state index is 12.8. The van der Waals surface area contributed by atoms with E-state index >= 15 is 0 Å². The van der Waals surface area contributed by atoms with Crippen LogP contribution in [-0.2, 0) is 16.5 Å². The molecule has 4 heterocycles. The Morgan fingerprint density at radius 1 is 1.41 bits per heavy atom. The van der Waals surface area contributed by atoms with E-state index in [0.717, 1.165) is 5.69 Å². The number of amides is 1. The Morgan fingerprint density at radius 3 is 2.82 bits per heavy atom. The van der Waals surface area contributed by atoms with Gasteiger partial charge in [0.15, 0.2) is 11.0 Å². The lowest BCUT2D eigenvalue weighted by molar-refractivity contribution is 0.0272.